The van der Waals surface area contributed by atoms with Gasteiger partial charge in [-0.15, -0.1) is 0 Å². The molecule has 2 rings (SSSR count). The number of halogens is 2. The van der Waals surface area contributed by atoms with E-state index in [1.165, 1.54) is 6.07 Å². The van der Waals surface area contributed by atoms with Crippen molar-refractivity contribution in [1.29, 1.82) is 0 Å². The minimum atomic E-state index is -0.646. The molecule has 0 bridgehead atoms. The molecule has 0 atom stereocenters. The molecule has 0 fully saturated rings. The standard InChI is InChI=1S/C7H4F2N2S/c8-5-3(10)1-2-4-6(5)11-7(9)12-4/h1-2H,10H2. The van der Waals surface area contributed by atoms with Gasteiger partial charge in [-0.2, -0.15) is 4.39 Å². The number of hydrogen-bond acceptors (Lipinski definition) is 3. The third-order valence-electron chi connectivity index (χ3n) is 1.50. The molecule has 0 saturated heterocycles. The highest BCUT2D eigenvalue weighted by Crippen LogP contribution is 2.26. The second-order valence-corrected chi connectivity index (χ2v) is 3.26. The molecule has 5 heteroatoms. The SMILES string of the molecule is Nc1ccc2sc(F)nc2c1F. The van der Waals surface area contributed by atoms with Crippen LogP contribution in [0.5, 0.6) is 0 Å². The van der Waals surface area contributed by atoms with Gasteiger partial charge in [0.05, 0.1) is 10.4 Å². The summed E-state index contributed by atoms with van der Waals surface area (Å²) in [4.78, 5) is 3.37. The number of aromatic nitrogens is 1. The number of fused-ring (bicyclic) bond motifs is 1. The Kier molecular flexibility index (Phi) is 1.47. The van der Waals surface area contributed by atoms with Gasteiger partial charge in [-0.1, -0.05) is 11.3 Å². The minimum Gasteiger partial charge on any atom is -0.396 e. The second-order valence-electron chi connectivity index (χ2n) is 2.28. The monoisotopic (exact) mass is 186 g/mol. The van der Waals surface area contributed by atoms with E-state index < -0.39 is 11.1 Å². The molecular formula is C7H4F2N2S. The van der Waals surface area contributed by atoms with Crippen LogP contribution in [-0.4, -0.2) is 4.98 Å². The van der Waals surface area contributed by atoms with Gasteiger partial charge in [0.25, 0.3) is 5.26 Å². The number of hydrogen-bond donors (Lipinski definition) is 1. The van der Waals surface area contributed by atoms with Crippen LogP contribution in [0.1, 0.15) is 0 Å². The second kappa shape index (κ2) is 2.38. The van der Waals surface area contributed by atoms with Crippen molar-refractivity contribution < 1.29 is 8.78 Å². The first-order chi connectivity index (χ1) is 5.68. The highest BCUT2D eigenvalue weighted by atomic mass is 32.1. The van der Waals surface area contributed by atoms with Crippen molar-refractivity contribution in [1.82, 2.24) is 4.98 Å². The highest BCUT2D eigenvalue weighted by molar-refractivity contribution is 7.17. The van der Waals surface area contributed by atoms with E-state index in [2.05, 4.69) is 4.98 Å². The first-order valence-electron chi connectivity index (χ1n) is 3.18. The van der Waals surface area contributed by atoms with E-state index in [1.54, 1.807) is 6.07 Å². The van der Waals surface area contributed by atoms with Crippen molar-refractivity contribution in [2.45, 2.75) is 0 Å². The maximum Gasteiger partial charge on any atom is 0.270 e. The lowest BCUT2D eigenvalue weighted by Crippen LogP contribution is -1.90. The van der Waals surface area contributed by atoms with Gasteiger partial charge in [0.2, 0.25) is 0 Å². The summed E-state index contributed by atoms with van der Waals surface area (Å²) in [6.45, 7) is 0. The van der Waals surface area contributed by atoms with Gasteiger partial charge >= 0.3 is 0 Å². The molecule has 1 aromatic heterocycles. The summed E-state index contributed by atoms with van der Waals surface area (Å²) < 4.78 is 26.1. The topological polar surface area (TPSA) is 38.9 Å². The molecule has 0 saturated carbocycles. The fourth-order valence-electron chi connectivity index (χ4n) is 0.950. The van der Waals surface area contributed by atoms with E-state index in [0.29, 0.717) is 4.70 Å². The molecule has 0 aliphatic heterocycles. The summed E-state index contributed by atoms with van der Waals surface area (Å²) in [7, 11) is 0. The third-order valence-corrected chi connectivity index (χ3v) is 2.31. The molecule has 2 aromatic rings. The summed E-state index contributed by atoms with van der Waals surface area (Å²) >= 11 is 0.802. The number of nitrogen functional groups attached to an aromatic ring is 1. The lowest BCUT2D eigenvalue weighted by Gasteiger charge is -1.94. The zero-order valence-corrected chi connectivity index (χ0v) is 6.66. The molecule has 0 unspecified atom stereocenters. The molecule has 1 heterocycles. The van der Waals surface area contributed by atoms with Crippen LogP contribution >= 0.6 is 11.3 Å². The van der Waals surface area contributed by atoms with Crippen molar-refractivity contribution in [2.24, 2.45) is 0 Å². The van der Waals surface area contributed by atoms with Crippen LogP contribution in [0.25, 0.3) is 10.2 Å². The van der Waals surface area contributed by atoms with Crippen molar-refractivity contribution in [3.05, 3.63) is 23.2 Å². The van der Waals surface area contributed by atoms with E-state index >= 15 is 0 Å². The Morgan fingerprint density at radius 3 is 2.83 bits per heavy atom. The lowest BCUT2D eigenvalue weighted by molar-refractivity contribution is 0.610. The highest BCUT2D eigenvalue weighted by Gasteiger charge is 2.09. The first-order valence-corrected chi connectivity index (χ1v) is 4.00. The van der Waals surface area contributed by atoms with Gasteiger partial charge in [-0.3, -0.25) is 0 Å². The Labute approximate surface area is 70.6 Å². The maximum absolute atomic E-state index is 13.1. The number of anilines is 1. The van der Waals surface area contributed by atoms with E-state index in [0.717, 1.165) is 11.3 Å². The van der Waals surface area contributed by atoms with Gasteiger partial charge in [-0.05, 0) is 12.1 Å². The number of rotatable bonds is 0. The van der Waals surface area contributed by atoms with Gasteiger partial charge < -0.3 is 5.73 Å². The Bertz CT molecular complexity index is 438. The molecule has 62 valence electrons. The molecule has 1 aromatic carbocycles. The summed E-state index contributed by atoms with van der Waals surface area (Å²) in [5, 5.41) is -0.644. The quantitative estimate of drug-likeness (QED) is 0.640. The van der Waals surface area contributed by atoms with E-state index in [1.807, 2.05) is 0 Å². The van der Waals surface area contributed by atoms with E-state index in [9.17, 15) is 8.78 Å². The molecule has 0 aliphatic rings. The predicted octanol–water partition coefficient (Wildman–Crippen LogP) is 2.16. The Balaban J connectivity index is 2.89. The van der Waals surface area contributed by atoms with Gasteiger partial charge in [-0.25, -0.2) is 9.37 Å². The van der Waals surface area contributed by atoms with Crippen molar-refractivity contribution in [3.63, 3.8) is 0 Å². The van der Waals surface area contributed by atoms with E-state index in [4.69, 9.17) is 5.73 Å². The Morgan fingerprint density at radius 2 is 2.08 bits per heavy atom. The average Bonchev–Trinajstić information content (AvgIpc) is 2.39. The number of benzene rings is 1. The molecule has 12 heavy (non-hydrogen) atoms. The van der Waals surface area contributed by atoms with Crippen LogP contribution in [0.4, 0.5) is 14.5 Å². The summed E-state index contributed by atoms with van der Waals surface area (Å²) in [5.74, 6) is -0.646. The van der Waals surface area contributed by atoms with E-state index in [-0.39, 0.29) is 11.2 Å². The average molecular weight is 186 g/mol. The normalized spacial score (nSPS) is 10.8. The molecule has 0 radical (unpaired) electrons. The van der Waals surface area contributed by atoms with Crippen LogP contribution in [0.2, 0.25) is 0 Å². The Morgan fingerprint density at radius 1 is 1.33 bits per heavy atom. The van der Waals surface area contributed by atoms with Gasteiger partial charge in [0.1, 0.15) is 5.52 Å². The largest absolute Gasteiger partial charge is 0.396 e. The van der Waals surface area contributed by atoms with Crippen molar-refractivity contribution >= 4 is 27.2 Å². The molecular weight excluding hydrogens is 182 g/mol. The molecule has 2 nitrogen and oxygen atoms in total. The third kappa shape index (κ3) is 0.937. The summed E-state index contributed by atoms with van der Waals surface area (Å²) in [6.07, 6.45) is 0. The number of nitrogens with two attached hydrogens (primary N) is 1. The molecule has 0 amide bonds. The van der Waals surface area contributed by atoms with Gasteiger partial charge in [0, 0.05) is 0 Å². The minimum absolute atomic E-state index is 0.00667. The fraction of sp³-hybridized carbons (Fsp3) is 0. The van der Waals surface area contributed by atoms with Crippen LogP contribution < -0.4 is 5.73 Å². The van der Waals surface area contributed by atoms with Crippen LogP contribution in [0.3, 0.4) is 0 Å². The lowest BCUT2D eigenvalue weighted by atomic mass is 10.3. The predicted molar refractivity (Wildman–Crippen MR) is 43.9 cm³/mol. The van der Waals surface area contributed by atoms with Crippen LogP contribution in [0.15, 0.2) is 12.1 Å². The number of thiazole rings is 1. The maximum atomic E-state index is 13.1. The van der Waals surface area contributed by atoms with Crippen molar-refractivity contribution in [2.75, 3.05) is 5.73 Å². The van der Waals surface area contributed by atoms with Crippen LogP contribution in [-0.2, 0) is 0 Å². The summed E-state index contributed by atoms with van der Waals surface area (Å²) in [5.41, 5.74) is 5.27. The fourth-order valence-corrected chi connectivity index (χ4v) is 1.64. The first kappa shape index (κ1) is 7.42. The molecule has 0 aliphatic carbocycles. The number of nitrogens with zero attached hydrogens (tertiary/aromatic N) is 1. The smallest absolute Gasteiger partial charge is 0.270 e. The molecule has 2 N–H and O–H groups in total. The zero-order valence-electron chi connectivity index (χ0n) is 5.84. The Hall–Kier alpha value is -1.23. The van der Waals surface area contributed by atoms with Crippen molar-refractivity contribution in [3.8, 4) is 0 Å². The molecule has 0 spiro atoms. The summed E-state index contributed by atoms with van der Waals surface area (Å²) in [6, 6.07) is 2.95. The van der Waals surface area contributed by atoms with Crippen LogP contribution in [0, 0.1) is 11.1 Å². The zero-order chi connectivity index (χ0) is 8.72. The van der Waals surface area contributed by atoms with Gasteiger partial charge in [0.15, 0.2) is 5.82 Å².